The van der Waals surface area contributed by atoms with Crippen LogP contribution >= 0.6 is 12.4 Å². The molecule has 0 aliphatic rings. The van der Waals surface area contributed by atoms with Gasteiger partial charge in [-0.2, -0.15) is 0 Å². The fourth-order valence-electron chi connectivity index (χ4n) is 0.693. The van der Waals surface area contributed by atoms with Gasteiger partial charge in [0.15, 0.2) is 0 Å². The third kappa shape index (κ3) is 1.94. The number of aromatic nitrogens is 2. The monoisotopic (exact) mass is 175 g/mol. The second-order valence-electron chi connectivity index (χ2n) is 1.94. The zero-order valence-electron chi connectivity index (χ0n) is 6.15. The molecule has 0 aliphatic carbocycles. The molecule has 5 heteroatoms. The molecule has 2 N–H and O–H groups in total. The lowest BCUT2D eigenvalue weighted by atomic mass is 10.5. The first-order valence-corrected chi connectivity index (χ1v) is 3.05. The van der Waals surface area contributed by atoms with Gasteiger partial charge in [-0.1, -0.05) is 0 Å². The third-order valence-electron chi connectivity index (χ3n) is 1.27. The molecule has 0 saturated heterocycles. The van der Waals surface area contributed by atoms with Crippen molar-refractivity contribution < 1.29 is 0 Å². The molecule has 0 aliphatic heterocycles. The van der Waals surface area contributed by atoms with Gasteiger partial charge in [0, 0.05) is 6.54 Å². The molecule has 62 valence electrons. The van der Waals surface area contributed by atoms with Crippen LogP contribution < -0.4 is 11.3 Å². The molecule has 0 spiro atoms. The van der Waals surface area contributed by atoms with Gasteiger partial charge >= 0.3 is 0 Å². The lowest BCUT2D eigenvalue weighted by Gasteiger charge is -1.98. The predicted octanol–water partition coefficient (Wildman–Crippen LogP) is 0.267. The summed E-state index contributed by atoms with van der Waals surface area (Å²) in [6.07, 6.45) is 2.83. The second kappa shape index (κ2) is 3.98. The van der Waals surface area contributed by atoms with Crippen molar-refractivity contribution in [2.24, 2.45) is 0 Å². The Morgan fingerprint density at radius 3 is 2.82 bits per heavy atom. The van der Waals surface area contributed by atoms with Crippen LogP contribution in [0, 0.1) is 0 Å². The molecule has 4 nitrogen and oxygen atoms in total. The van der Waals surface area contributed by atoms with Crippen molar-refractivity contribution in [3.8, 4) is 0 Å². The predicted molar refractivity (Wildman–Crippen MR) is 45.8 cm³/mol. The number of hydrogen-bond donors (Lipinski definition) is 1. The topological polar surface area (TPSA) is 60.9 Å². The van der Waals surface area contributed by atoms with Gasteiger partial charge in [0.2, 0.25) is 0 Å². The zero-order chi connectivity index (χ0) is 7.56. The van der Waals surface area contributed by atoms with Crippen molar-refractivity contribution >= 4 is 18.1 Å². The van der Waals surface area contributed by atoms with Crippen LogP contribution in [0.4, 0.5) is 5.69 Å². The zero-order valence-corrected chi connectivity index (χ0v) is 6.97. The number of anilines is 1. The molecule has 1 aromatic heterocycles. The molecule has 0 bridgehead atoms. The number of nitrogens with two attached hydrogens (primary N) is 1. The smallest absolute Gasteiger partial charge is 0.276 e. The lowest BCUT2D eigenvalue weighted by molar-refractivity contribution is 0.709. The summed E-state index contributed by atoms with van der Waals surface area (Å²) in [5.41, 5.74) is 5.33. The highest BCUT2D eigenvalue weighted by atomic mass is 35.5. The number of nitrogens with zero attached hydrogens (tertiary/aromatic N) is 2. The van der Waals surface area contributed by atoms with E-state index in [-0.39, 0.29) is 23.7 Å². The summed E-state index contributed by atoms with van der Waals surface area (Å²) < 4.78 is 1.45. The molecule has 1 aromatic rings. The average Bonchev–Trinajstić information content (AvgIpc) is 1.95. The summed E-state index contributed by atoms with van der Waals surface area (Å²) in [7, 11) is 0. The molecule has 0 atom stereocenters. The van der Waals surface area contributed by atoms with E-state index in [9.17, 15) is 4.79 Å². The SMILES string of the molecule is CCn1cncc(N)c1=O.Cl. The number of nitrogen functional groups attached to an aromatic ring is 1. The van der Waals surface area contributed by atoms with Crippen molar-refractivity contribution in [2.45, 2.75) is 13.5 Å². The Hall–Kier alpha value is -1.03. The Balaban J connectivity index is 0.000001000. The molecule has 0 amide bonds. The summed E-state index contributed by atoms with van der Waals surface area (Å²) in [6.45, 7) is 2.47. The molecule has 0 aromatic carbocycles. The second-order valence-corrected chi connectivity index (χ2v) is 1.94. The summed E-state index contributed by atoms with van der Waals surface area (Å²) in [6, 6.07) is 0. The van der Waals surface area contributed by atoms with Crippen LogP contribution in [0.1, 0.15) is 6.92 Å². The lowest BCUT2D eigenvalue weighted by Crippen LogP contribution is -2.21. The standard InChI is InChI=1S/C6H9N3O.ClH/c1-2-9-4-8-3-5(7)6(9)10;/h3-4H,2,7H2,1H3;1H. The first-order valence-electron chi connectivity index (χ1n) is 3.05. The van der Waals surface area contributed by atoms with Gasteiger partial charge < -0.3 is 5.73 Å². The Morgan fingerprint density at radius 2 is 2.36 bits per heavy atom. The van der Waals surface area contributed by atoms with E-state index in [2.05, 4.69) is 4.98 Å². The van der Waals surface area contributed by atoms with Crippen molar-refractivity contribution in [1.29, 1.82) is 0 Å². The maximum atomic E-state index is 11.0. The molecule has 0 saturated carbocycles. The minimum Gasteiger partial charge on any atom is -0.393 e. The van der Waals surface area contributed by atoms with Gasteiger partial charge in [0.25, 0.3) is 5.56 Å². The van der Waals surface area contributed by atoms with Gasteiger partial charge in [-0.15, -0.1) is 12.4 Å². The van der Waals surface area contributed by atoms with Gasteiger partial charge in [-0.05, 0) is 6.92 Å². The number of aryl methyl sites for hydroxylation is 1. The molecule has 0 radical (unpaired) electrons. The van der Waals surface area contributed by atoms with Crippen molar-refractivity contribution in [2.75, 3.05) is 5.73 Å². The van der Waals surface area contributed by atoms with Crippen molar-refractivity contribution in [1.82, 2.24) is 9.55 Å². The van der Waals surface area contributed by atoms with Crippen LogP contribution in [0.3, 0.4) is 0 Å². The summed E-state index contributed by atoms with van der Waals surface area (Å²) in [4.78, 5) is 14.8. The Bertz CT molecular complexity index is 283. The van der Waals surface area contributed by atoms with Gasteiger partial charge in [-0.25, -0.2) is 4.98 Å². The largest absolute Gasteiger partial charge is 0.393 e. The van der Waals surface area contributed by atoms with E-state index in [1.807, 2.05) is 6.92 Å². The van der Waals surface area contributed by atoms with E-state index >= 15 is 0 Å². The minimum absolute atomic E-state index is 0. The number of hydrogen-bond acceptors (Lipinski definition) is 3. The summed E-state index contributed by atoms with van der Waals surface area (Å²) in [5, 5.41) is 0. The van der Waals surface area contributed by atoms with E-state index in [4.69, 9.17) is 5.73 Å². The maximum absolute atomic E-state index is 11.0. The Labute approximate surface area is 70.5 Å². The molecule has 11 heavy (non-hydrogen) atoms. The van der Waals surface area contributed by atoms with E-state index in [0.717, 1.165) is 0 Å². The molecule has 1 heterocycles. The summed E-state index contributed by atoms with van der Waals surface area (Å²) >= 11 is 0. The number of halogens is 1. The van der Waals surface area contributed by atoms with E-state index in [0.29, 0.717) is 6.54 Å². The molecule has 0 fully saturated rings. The summed E-state index contributed by atoms with van der Waals surface area (Å²) in [5.74, 6) is 0. The highest BCUT2D eigenvalue weighted by molar-refractivity contribution is 5.85. The molecular formula is C6H10ClN3O. The first-order chi connectivity index (χ1) is 4.75. The Morgan fingerprint density at radius 1 is 1.73 bits per heavy atom. The van der Waals surface area contributed by atoms with E-state index in [1.54, 1.807) is 0 Å². The van der Waals surface area contributed by atoms with Crippen LogP contribution in [0.25, 0.3) is 0 Å². The Kier molecular flexibility index (Phi) is 3.60. The molecule has 1 rings (SSSR count). The normalized spacial score (nSPS) is 8.82. The highest BCUT2D eigenvalue weighted by Gasteiger charge is 1.95. The van der Waals surface area contributed by atoms with Crippen LogP contribution in [-0.2, 0) is 6.54 Å². The van der Waals surface area contributed by atoms with Gasteiger partial charge in [0.05, 0.1) is 12.5 Å². The fourth-order valence-corrected chi connectivity index (χ4v) is 0.693. The quantitative estimate of drug-likeness (QED) is 0.667. The van der Waals surface area contributed by atoms with Gasteiger partial charge in [0.1, 0.15) is 5.69 Å². The van der Waals surface area contributed by atoms with Crippen molar-refractivity contribution in [3.05, 3.63) is 22.9 Å². The van der Waals surface area contributed by atoms with Crippen LogP contribution in [0.5, 0.6) is 0 Å². The fraction of sp³-hybridized carbons (Fsp3) is 0.333. The third-order valence-corrected chi connectivity index (χ3v) is 1.27. The number of rotatable bonds is 1. The van der Waals surface area contributed by atoms with Crippen LogP contribution in [0.15, 0.2) is 17.3 Å². The van der Waals surface area contributed by atoms with E-state index < -0.39 is 0 Å². The average molecular weight is 176 g/mol. The molecular weight excluding hydrogens is 166 g/mol. The van der Waals surface area contributed by atoms with Crippen LogP contribution in [-0.4, -0.2) is 9.55 Å². The molecule has 0 unspecified atom stereocenters. The first kappa shape index (κ1) is 9.97. The minimum atomic E-state index is -0.169. The van der Waals surface area contributed by atoms with Crippen LogP contribution in [0.2, 0.25) is 0 Å². The maximum Gasteiger partial charge on any atom is 0.276 e. The highest BCUT2D eigenvalue weighted by Crippen LogP contribution is 1.85. The van der Waals surface area contributed by atoms with Gasteiger partial charge in [-0.3, -0.25) is 9.36 Å². The van der Waals surface area contributed by atoms with E-state index in [1.165, 1.54) is 17.1 Å². The van der Waals surface area contributed by atoms with Crippen molar-refractivity contribution in [3.63, 3.8) is 0 Å².